The lowest BCUT2D eigenvalue weighted by Crippen LogP contribution is -2.31. The molecule has 2 heterocycles. The first-order valence-electron chi connectivity index (χ1n) is 8.71. The Labute approximate surface area is 172 Å². The smallest absolute Gasteiger partial charge is 0.254 e. The molecule has 0 unspecified atom stereocenters. The van der Waals surface area contributed by atoms with Gasteiger partial charge in [0, 0.05) is 29.4 Å². The number of thiazole rings is 1. The number of amides is 1. The summed E-state index contributed by atoms with van der Waals surface area (Å²) >= 11 is 1.35. The molecule has 0 bridgehead atoms. The first-order valence-corrected chi connectivity index (χ1v) is 11.1. The number of halogens is 1. The van der Waals surface area contributed by atoms with Gasteiger partial charge < -0.3 is 5.32 Å². The fourth-order valence-electron chi connectivity index (χ4n) is 2.52. The predicted molar refractivity (Wildman–Crippen MR) is 108 cm³/mol. The van der Waals surface area contributed by atoms with Gasteiger partial charge in [0.25, 0.3) is 5.91 Å². The zero-order chi connectivity index (χ0) is 21.0. The molecular weight excluding hydrogens is 415 g/mol. The number of carbonyl (C=O) groups excluding carboxylic acids is 1. The van der Waals surface area contributed by atoms with Crippen LogP contribution in [-0.4, -0.2) is 30.3 Å². The quantitative estimate of drug-likeness (QED) is 0.595. The molecular formula is C19H19FN4O3S2. The lowest BCUT2D eigenvalue weighted by atomic mass is 10.2. The van der Waals surface area contributed by atoms with Gasteiger partial charge in [0.1, 0.15) is 10.8 Å². The summed E-state index contributed by atoms with van der Waals surface area (Å²) < 4.78 is 41.1. The van der Waals surface area contributed by atoms with Crippen molar-refractivity contribution in [1.82, 2.24) is 20.0 Å². The summed E-state index contributed by atoms with van der Waals surface area (Å²) in [5, 5.41) is 5.07. The maximum Gasteiger partial charge on any atom is 0.254 e. The summed E-state index contributed by atoms with van der Waals surface area (Å²) in [5.41, 5.74) is 1.30. The highest BCUT2D eigenvalue weighted by Gasteiger charge is 2.20. The molecule has 152 valence electrons. The van der Waals surface area contributed by atoms with E-state index in [-0.39, 0.29) is 23.0 Å². The molecule has 0 saturated heterocycles. The average molecular weight is 435 g/mol. The van der Waals surface area contributed by atoms with Gasteiger partial charge in [-0.2, -0.15) is 0 Å². The van der Waals surface area contributed by atoms with Gasteiger partial charge in [0.05, 0.1) is 22.7 Å². The number of aromatic nitrogens is 2. The van der Waals surface area contributed by atoms with Gasteiger partial charge in [-0.05, 0) is 44.2 Å². The van der Waals surface area contributed by atoms with Crippen LogP contribution in [0.2, 0.25) is 0 Å². The molecule has 0 fully saturated rings. The number of hydrogen-bond donors (Lipinski definition) is 2. The fraction of sp³-hybridized carbons (Fsp3) is 0.211. The molecule has 0 atom stereocenters. The van der Waals surface area contributed by atoms with Gasteiger partial charge in [0.2, 0.25) is 10.0 Å². The van der Waals surface area contributed by atoms with Crippen LogP contribution in [0.4, 0.5) is 4.39 Å². The Morgan fingerprint density at radius 2 is 1.93 bits per heavy atom. The normalized spacial score (nSPS) is 11.6. The van der Waals surface area contributed by atoms with Crippen molar-refractivity contribution in [2.75, 3.05) is 0 Å². The third-order valence-corrected chi connectivity index (χ3v) is 6.32. The second-order valence-corrected chi connectivity index (χ2v) is 9.12. The zero-order valence-electron chi connectivity index (χ0n) is 15.7. The molecule has 0 aliphatic carbocycles. The largest absolute Gasteiger partial charge is 0.345 e. The summed E-state index contributed by atoms with van der Waals surface area (Å²) in [7, 11) is -3.84. The van der Waals surface area contributed by atoms with Crippen LogP contribution in [0.5, 0.6) is 0 Å². The molecule has 0 spiro atoms. The highest BCUT2D eigenvalue weighted by atomic mass is 32.2. The van der Waals surface area contributed by atoms with Crippen molar-refractivity contribution in [2.24, 2.45) is 0 Å². The van der Waals surface area contributed by atoms with Crippen molar-refractivity contribution >= 4 is 27.3 Å². The monoisotopic (exact) mass is 434 g/mol. The molecule has 1 aromatic carbocycles. The first-order chi connectivity index (χ1) is 13.8. The SMILES string of the molecule is CC(C)NS(=O)(=O)c1ccc(F)c(C(=O)NCc2nc(-c3ccncc3)cs2)c1. The van der Waals surface area contributed by atoms with E-state index in [1.807, 2.05) is 17.5 Å². The third kappa shape index (κ3) is 5.22. The van der Waals surface area contributed by atoms with Crippen LogP contribution in [0.3, 0.4) is 0 Å². The Hall–Kier alpha value is -2.69. The van der Waals surface area contributed by atoms with Crippen LogP contribution < -0.4 is 10.0 Å². The molecule has 1 amide bonds. The van der Waals surface area contributed by atoms with Crippen LogP contribution in [0.25, 0.3) is 11.3 Å². The van der Waals surface area contributed by atoms with Crippen molar-refractivity contribution in [3.63, 3.8) is 0 Å². The maximum absolute atomic E-state index is 14.1. The molecule has 2 aromatic heterocycles. The van der Waals surface area contributed by atoms with Crippen LogP contribution in [0, 0.1) is 5.82 Å². The summed E-state index contributed by atoms with van der Waals surface area (Å²) in [6, 6.07) is 6.43. The summed E-state index contributed by atoms with van der Waals surface area (Å²) in [6.45, 7) is 3.43. The number of carbonyl (C=O) groups is 1. The van der Waals surface area contributed by atoms with Crippen LogP contribution in [-0.2, 0) is 16.6 Å². The van der Waals surface area contributed by atoms with E-state index in [9.17, 15) is 17.6 Å². The average Bonchev–Trinajstić information content (AvgIpc) is 3.15. The molecule has 0 radical (unpaired) electrons. The lowest BCUT2D eigenvalue weighted by Gasteiger charge is -2.11. The van der Waals surface area contributed by atoms with Crippen molar-refractivity contribution in [3.05, 3.63) is 64.5 Å². The number of sulfonamides is 1. The lowest BCUT2D eigenvalue weighted by molar-refractivity contribution is 0.0946. The number of rotatable bonds is 7. The second kappa shape index (κ2) is 8.76. The Balaban J connectivity index is 1.73. The maximum atomic E-state index is 14.1. The van der Waals surface area contributed by atoms with Gasteiger partial charge in [-0.1, -0.05) is 0 Å². The summed E-state index contributed by atoms with van der Waals surface area (Å²) in [4.78, 5) is 20.6. The molecule has 0 aliphatic rings. The summed E-state index contributed by atoms with van der Waals surface area (Å²) in [6.07, 6.45) is 3.32. The minimum atomic E-state index is -3.84. The summed E-state index contributed by atoms with van der Waals surface area (Å²) in [5.74, 6) is -1.52. The predicted octanol–water partition coefficient (Wildman–Crippen LogP) is 2.96. The van der Waals surface area contributed by atoms with Gasteiger partial charge >= 0.3 is 0 Å². The van der Waals surface area contributed by atoms with E-state index in [4.69, 9.17) is 0 Å². The van der Waals surface area contributed by atoms with E-state index in [1.165, 1.54) is 11.3 Å². The molecule has 0 saturated carbocycles. The molecule has 2 N–H and O–H groups in total. The number of hydrogen-bond acceptors (Lipinski definition) is 6. The van der Waals surface area contributed by atoms with Gasteiger partial charge in [-0.15, -0.1) is 11.3 Å². The number of nitrogens with zero attached hydrogens (tertiary/aromatic N) is 2. The Bertz CT molecular complexity index is 1120. The van der Waals surface area contributed by atoms with E-state index >= 15 is 0 Å². The molecule has 29 heavy (non-hydrogen) atoms. The Morgan fingerprint density at radius 1 is 1.21 bits per heavy atom. The van der Waals surface area contributed by atoms with Crippen molar-refractivity contribution in [3.8, 4) is 11.3 Å². The minimum absolute atomic E-state index is 0.0925. The molecule has 3 aromatic rings. The Kier molecular flexibility index (Phi) is 6.36. The zero-order valence-corrected chi connectivity index (χ0v) is 17.3. The van der Waals surface area contributed by atoms with E-state index in [0.717, 1.165) is 29.5 Å². The van der Waals surface area contributed by atoms with Gasteiger partial charge in [-0.25, -0.2) is 22.5 Å². The van der Waals surface area contributed by atoms with Crippen LogP contribution >= 0.6 is 11.3 Å². The molecule has 10 heteroatoms. The number of pyridine rings is 1. The van der Waals surface area contributed by atoms with E-state index < -0.39 is 21.7 Å². The van der Waals surface area contributed by atoms with E-state index in [1.54, 1.807) is 26.2 Å². The molecule has 0 aliphatic heterocycles. The molecule has 7 nitrogen and oxygen atoms in total. The van der Waals surface area contributed by atoms with Crippen LogP contribution in [0.1, 0.15) is 29.2 Å². The van der Waals surface area contributed by atoms with Crippen molar-refractivity contribution in [2.45, 2.75) is 31.3 Å². The van der Waals surface area contributed by atoms with Gasteiger partial charge in [0.15, 0.2) is 0 Å². The standard InChI is InChI=1S/C19H19FN4O3S2/c1-12(2)24-29(26,27)14-3-4-16(20)15(9-14)19(25)22-10-18-23-17(11-28-18)13-5-7-21-8-6-13/h3-9,11-12,24H,10H2,1-2H3,(H,22,25). The highest BCUT2D eigenvalue weighted by Crippen LogP contribution is 2.21. The van der Waals surface area contributed by atoms with E-state index in [0.29, 0.717) is 5.01 Å². The third-order valence-electron chi connectivity index (χ3n) is 3.81. The highest BCUT2D eigenvalue weighted by molar-refractivity contribution is 7.89. The fourth-order valence-corrected chi connectivity index (χ4v) is 4.54. The van der Waals surface area contributed by atoms with Gasteiger partial charge in [-0.3, -0.25) is 9.78 Å². The van der Waals surface area contributed by atoms with E-state index in [2.05, 4.69) is 20.0 Å². The van der Waals surface area contributed by atoms with Crippen molar-refractivity contribution in [1.29, 1.82) is 0 Å². The first kappa shape index (κ1) is 21.0. The van der Waals surface area contributed by atoms with Crippen LogP contribution in [0.15, 0.2) is 53.0 Å². The minimum Gasteiger partial charge on any atom is -0.345 e. The molecule has 3 rings (SSSR count). The number of benzene rings is 1. The van der Waals surface area contributed by atoms with Crippen molar-refractivity contribution < 1.29 is 17.6 Å². The topological polar surface area (TPSA) is 101 Å². The second-order valence-electron chi connectivity index (χ2n) is 6.46. The Morgan fingerprint density at radius 3 is 2.62 bits per heavy atom. The number of nitrogens with one attached hydrogen (secondary N) is 2.